The molecule has 1 aromatic carbocycles. The fourth-order valence-electron chi connectivity index (χ4n) is 1.93. The van der Waals surface area contributed by atoms with Crippen LogP contribution in [-0.2, 0) is 6.42 Å². The molecule has 0 fully saturated rings. The van der Waals surface area contributed by atoms with E-state index in [-0.39, 0.29) is 0 Å². The van der Waals surface area contributed by atoms with E-state index in [2.05, 4.69) is 37.4 Å². The minimum absolute atomic E-state index is 0.321. The zero-order chi connectivity index (χ0) is 13.8. The lowest BCUT2D eigenvalue weighted by Crippen LogP contribution is -2.17. The number of aryl methyl sites for hydroxylation is 1. The number of anilines is 1. The molecular formula is C15H15ClN2S. The summed E-state index contributed by atoms with van der Waals surface area (Å²) in [4.78, 5) is 2.71. The van der Waals surface area contributed by atoms with Crippen molar-refractivity contribution in [3.63, 3.8) is 0 Å². The average Bonchev–Trinajstić information content (AvgIpc) is 2.74. The number of halogens is 1. The molecule has 0 spiro atoms. The van der Waals surface area contributed by atoms with E-state index >= 15 is 0 Å². The Morgan fingerprint density at radius 3 is 2.74 bits per heavy atom. The van der Waals surface area contributed by atoms with Gasteiger partial charge in [-0.2, -0.15) is 5.26 Å². The highest BCUT2D eigenvalue weighted by molar-refractivity contribution is 7.11. The van der Waals surface area contributed by atoms with E-state index in [0.717, 1.165) is 12.1 Å². The number of rotatable bonds is 4. The molecule has 0 saturated carbocycles. The molecule has 0 amide bonds. The number of nitrogens with one attached hydrogen (secondary N) is 1. The number of hydrogen-bond donors (Lipinski definition) is 1. The highest BCUT2D eigenvalue weighted by Gasteiger charge is 2.07. The molecule has 1 aromatic heterocycles. The molecule has 2 nitrogen and oxygen atoms in total. The van der Waals surface area contributed by atoms with Crippen LogP contribution in [0, 0.1) is 18.3 Å². The smallest absolute Gasteiger partial charge is 0.101 e. The molecule has 4 heteroatoms. The van der Waals surface area contributed by atoms with Crippen LogP contribution in [0.1, 0.15) is 22.2 Å². The van der Waals surface area contributed by atoms with Crippen LogP contribution in [0.3, 0.4) is 0 Å². The highest BCUT2D eigenvalue weighted by Crippen LogP contribution is 2.22. The van der Waals surface area contributed by atoms with Crippen LogP contribution in [0.2, 0.25) is 5.02 Å². The summed E-state index contributed by atoms with van der Waals surface area (Å²) in [6, 6.07) is 12.1. The summed E-state index contributed by atoms with van der Waals surface area (Å²) >= 11 is 7.84. The quantitative estimate of drug-likeness (QED) is 0.891. The first-order valence-corrected chi connectivity index (χ1v) is 7.29. The predicted molar refractivity (Wildman–Crippen MR) is 82.0 cm³/mol. The molecule has 2 aromatic rings. The van der Waals surface area contributed by atoms with Crippen molar-refractivity contribution in [3.8, 4) is 6.07 Å². The number of nitrogens with zero attached hydrogens (tertiary/aromatic N) is 1. The summed E-state index contributed by atoms with van der Waals surface area (Å²) in [5.74, 6) is 0. The second kappa shape index (κ2) is 6.10. The van der Waals surface area contributed by atoms with Crippen molar-refractivity contribution in [1.29, 1.82) is 5.26 Å². The zero-order valence-corrected chi connectivity index (χ0v) is 12.5. The third kappa shape index (κ3) is 3.73. The maximum absolute atomic E-state index is 8.83. The summed E-state index contributed by atoms with van der Waals surface area (Å²) in [6.07, 6.45) is 0.982. The fourth-order valence-corrected chi connectivity index (χ4v) is 3.17. The lowest BCUT2D eigenvalue weighted by Gasteiger charge is -2.14. The molecule has 0 radical (unpaired) electrons. The van der Waals surface area contributed by atoms with Crippen molar-refractivity contribution < 1.29 is 0 Å². The number of nitriles is 1. The second-order valence-electron chi connectivity index (χ2n) is 4.57. The fraction of sp³-hybridized carbons (Fsp3) is 0.267. The summed E-state index contributed by atoms with van der Waals surface area (Å²) in [5, 5.41) is 12.7. The van der Waals surface area contributed by atoms with Crippen molar-refractivity contribution in [2.24, 2.45) is 0 Å². The van der Waals surface area contributed by atoms with Crippen LogP contribution in [0.5, 0.6) is 0 Å². The van der Waals surface area contributed by atoms with E-state index in [0.29, 0.717) is 16.6 Å². The molecule has 19 heavy (non-hydrogen) atoms. The summed E-state index contributed by atoms with van der Waals surface area (Å²) < 4.78 is 0. The van der Waals surface area contributed by atoms with Gasteiger partial charge in [-0.3, -0.25) is 0 Å². The lowest BCUT2D eigenvalue weighted by molar-refractivity contribution is 0.800. The molecule has 0 aliphatic rings. The molecule has 1 unspecified atom stereocenters. The van der Waals surface area contributed by atoms with Crippen LogP contribution >= 0.6 is 22.9 Å². The van der Waals surface area contributed by atoms with Gasteiger partial charge >= 0.3 is 0 Å². The standard InChI is InChI=1S/C15H15ClN2S/c1-10(7-14-6-3-11(2)19-14)18-13-5-4-12(9-17)15(16)8-13/h3-6,8,10,18H,7H2,1-2H3. The topological polar surface area (TPSA) is 35.8 Å². The van der Waals surface area contributed by atoms with E-state index in [1.165, 1.54) is 9.75 Å². The lowest BCUT2D eigenvalue weighted by atomic mass is 10.1. The van der Waals surface area contributed by atoms with Gasteiger partial charge in [-0.15, -0.1) is 11.3 Å². The summed E-state index contributed by atoms with van der Waals surface area (Å²) in [7, 11) is 0. The first kappa shape index (κ1) is 13.9. The zero-order valence-electron chi connectivity index (χ0n) is 10.9. The molecule has 0 saturated heterocycles. The van der Waals surface area contributed by atoms with Gasteiger partial charge in [-0.1, -0.05) is 11.6 Å². The van der Waals surface area contributed by atoms with Crippen LogP contribution in [0.4, 0.5) is 5.69 Å². The van der Waals surface area contributed by atoms with Crippen molar-refractivity contribution in [3.05, 3.63) is 50.7 Å². The third-order valence-corrected chi connectivity index (χ3v) is 4.14. The molecule has 98 valence electrons. The predicted octanol–water partition coefficient (Wildman–Crippen LogP) is 4.62. The maximum Gasteiger partial charge on any atom is 0.101 e. The Bertz CT molecular complexity index is 613. The summed E-state index contributed by atoms with van der Waals surface area (Å²) in [6.45, 7) is 4.26. The Morgan fingerprint density at radius 1 is 1.37 bits per heavy atom. The van der Waals surface area contributed by atoms with E-state index in [9.17, 15) is 0 Å². The number of thiophene rings is 1. The average molecular weight is 291 g/mol. The molecule has 1 heterocycles. The van der Waals surface area contributed by atoms with Gasteiger partial charge in [0.2, 0.25) is 0 Å². The molecule has 0 aliphatic carbocycles. The van der Waals surface area contributed by atoms with Crippen LogP contribution in [-0.4, -0.2) is 6.04 Å². The molecule has 2 rings (SSSR count). The Kier molecular flexibility index (Phi) is 4.47. The highest BCUT2D eigenvalue weighted by atomic mass is 35.5. The van der Waals surface area contributed by atoms with Crippen molar-refractivity contribution in [2.45, 2.75) is 26.3 Å². The van der Waals surface area contributed by atoms with Gasteiger partial charge in [0.05, 0.1) is 10.6 Å². The van der Waals surface area contributed by atoms with Gasteiger partial charge in [0.15, 0.2) is 0 Å². The van der Waals surface area contributed by atoms with Crippen LogP contribution in [0.15, 0.2) is 30.3 Å². The molecule has 1 atom stereocenters. The first-order chi connectivity index (χ1) is 9.08. The van der Waals surface area contributed by atoms with Gasteiger partial charge in [0.1, 0.15) is 6.07 Å². The van der Waals surface area contributed by atoms with Crippen molar-refractivity contribution >= 4 is 28.6 Å². The summed E-state index contributed by atoms with van der Waals surface area (Å²) in [5.41, 5.74) is 1.46. The minimum atomic E-state index is 0.321. The van der Waals surface area contributed by atoms with Gasteiger partial charge in [-0.25, -0.2) is 0 Å². The van der Waals surface area contributed by atoms with E-state index in [4.69, 9.17) is 16.9 Å². The Morgan fingerprint density at radius 2 is 2.16 bits per heavy atom. The monoisotopic (exact) mass is 290 g/mol. The van der Waals surface area contributed by atoms with Gasteiger partial charge < -0.3 is 5.32 Å². The van der Waals surface area contributed by atoms with Crippen LogP contribution in [0.25, 0.3) is 0 Å². The Labute approximate surface area is 122 Å². The number of benzene rings is 1. The minimum Gasteiger partial charge on any atom is -0.382 e. The normalized spacial score (nSPS) is 11.9. The maximum atomic E-state index is 8.83. The molecule has 0 bridgehead atoms. The van der Waals surface area contributed by atoms with Crippen LogP contribution < -0.4 is 5.32 Å². The van der Waals surface area contributed by atoms with E-state index < -0.39 is 0 Å². The largest absolute Gasteiger partial charge is 0.382 e. The van der Waals surface area contributed by atoms with E-state index in [1.54, 1.807) is 12.1 Å². The number of hydrogen-bond acceptors (Lipinski definition) is 3. The molecule has 0 aliphatic heterocycles. The van der Waals surface area contributed by atoms with Crippen molar-refractivity contribution in [2.75, 3.05) is 5.32 Å². The third-order valence-electron chi connectivity index (χ3n) is 2.81. The molecular weight excluding hydrogens is 276 g/mol. The van der Waals surface area contributed by atoms with Crippen molar-refractivity contribution in [1.82, 2.24) is 0 Å². The second-order valence-corrected chi connectivity index (χ2v) is 6.35. The van der Waals surface area contributed by atoms with E-state index in [1.807, 2.05) is 17.4 Å². The Hall–Kier alpha value is -1.50. The molecule has 1 N–H and O–H groups in total. The van der Waals surface area contributed by atoms with Gasteiger partial charge in [0.25, 0.3) is 0 Å². The SMILES string of the molecule is Cc1ccc(CC(C)Nc2ccc(C#N)c(Cl)c2)s1. The van der Waals surface area contributed by atoms with Gasteiger partial charge in [0, 0.05) is 27.9 Å². The first-order valence-electron chi connectivity index (χ1n) is 6.10. The van der Waals surface area contributed by atoms with Gasteiger partial charge in [-0.05, 0) is 44.2 Å². The Balaban J connectivity index is 2.01.